The van der Waals surface area contributed by atoms with E-state index in [4.69, 9.17) is 4.74 Å². The van der Waals surface area contributed by atoms with E-state index < -0.39 is 6.10 Å². The van der Waals surface area contributed by atoms with Gasteiger partial charge in [-0.1, -0.05) is 66.7 Å². The maximum Gasteiger partial charge on any atom is 0.0874 e. The normalized spacial score (nSPS) is 13.7. The van der Waals surface area contributed by atoms with Crippen LogP contribution in [0.15, 0.2) is 73.3 Å². The molecule has 2 nitrogen and oxygen atoms in total. The van der Waals surface area contributed by atoms with Crippen LogP contribution in [0, 0.1) is 5.92 Å². The van der Waals surface area contributed by atoms with Crippen molar-refractivity contribution in [3.05, 3.63) is 84.4 Å². The van der Waals surface area contributed by atoms with Gasteiger partial charge >= 0.3 is 0 Å². The maximum absolute atomic E-state index is 10.3. The van der Waals surface area contributed by atoms with Crippen LogP contribution < -0.4 is 0 Å². The molecule has 0 bridgehead atoms. The van der Waals surface area contributed by atoms with Crippen LogP contribution in [-0.4, -0.2) is 11.7 Å². The van der Waals surface area contributed by atoms with Gasteiger partial charge in [0.2, 0.25) is 0 Å². The van der Waals surface area contributed by atoms with Crippen molar-refractivity contribution in [3.8, 4) is 0 Å². The minimum atomic E-state index is -0.579. The Bertz CT molecular complexity index is 507. The van der Waals surface area contributed by atoms with Crippen molar-refractivity contribution in [3.63, 3.8) is 0 Å². The van der Waals surface area contributed by atoms with Gasteiger partial charge in [0, 0.05) is 5.92 Å². The first kappa shape index (κ1) is 14.5. The lowest BCUT2D eigenvalue weighted by molar-refractivity contribution is 0.0400. The minimum Gasteiger partial charge on any atom is -0.388 e. The molecule has 20 heavy (non-hydrogen) atoms. The Balaban J connectivity index is 1.88. The molecule has 104 valence electrons. The Kier molecular flexibility index (Phi) is 5.54. The average Bonchev–Trinajstić information content (AvgIpc) is 2.53. The van der Waals surface area contributed by atoms with Crippen molar-refractivity contribution in [2.24, 2.45) is 5.92 Å². The smallest absolute Gasteiger partial charge is 0.0874 e. The molecule has 2 atom stereocenters. The van der Waals surface area contributed by atoms with Crippen molar-refractivity contribution >= 4 is 0 Å². The van der Waals surface area contributed by atoms with Crippen molar-refractivity contribution in [1.82, 2.24) is 0 Å². The van der Waals surface area contributed by atoms with E-state index in [0.717, 1.165) is 11.1 Å². The summed E-state index contributed by atoms with van der Waals surface area (Å²) in [5.41, 5.74) is 2.02. The van der Waals surface area contributed by atoms with Crippen LogP contribution in [0.4, 0.5) is 0 Å². The lowest BCUT2D eigenvalue weighted by atomic mass is 9.96. The van der Waals surface area contributed by atoms with Gasteiger partial charge in [-0.25, -0.2) is 0 Å². The SMILES string of the molecule is C=C[C@H](COCc1ccccc1)[C@H](O)c1ccccc1. The van der Waals surface area contributed by atoms with Gasteiger partial charge in [-0.15, -0.1) is 6.58 Å². The van der Waals surface area contributed by atoms with E-state index in [1.165, 1.54) is 0 Å². The van der Waals surface area contributed by atoms with E-state index in [1.807, 2.05) is 60.7 Å². The summed E-state index contributed by atoms with van der Waals surface area (Å²) in [7, 11) is 0. The zero-order chi connectivity index (χ0) is 14.2. The van der Waals surface area contributed by atoms with Gasteiger partial charge in [0.1, 0.15) is 0 Å². The molecule has 0 aliphatic carbocycles. The molecule has 2 aromatic carbocycles. The second kappa shape index (κ2) is 7.63. The van der Waals surface area contributed by atoms with Crippen LogP contribution >= 0.6 is 0 Å². The summed E-state index contributed by atoms with van der Waals surface area (Å²) < 4.78 is 5.68. The van der Waals surface area contributed by atoms with Gasteiger partial charge in [0.05, 0.1) is 19.3 Å². The van der Waals surface area contributed by atoms with E-state index in [9.17, 15) is 5.11 Å². The molecule has 0 saturated heterocycles. The Morgan fingerprint density at radius 3 is 2.20 bits per heavy atom. The average molecular weight is 268 g/mol. The third-order valence-corrected chi connectivity index (χ3v) is 3.27. The zero-order valence-electron chi connectivity index (χ0n) is 11.5. The molecule has 0 heterocycles. The van der Waals surface area contributed by atoms with Crippen molar-refractivity contribution in [2.75, 3.05) is 6.61 Å². The van der Waals surface area contributed by atoms with E-state index >= 15 is 0 Å². The summed E-state index contributed by atoms with van der Waals surface area (Å²) in [4.78, 5) is 0. The van der Waals surface area contributed by atoms with E-state index in [2.05, 4.69) is 6.58 Å². The molecule has 0 amide bonds. The molecule has 0 aliphatic heterocycles. The first-order valence-electron chi connectivity index (χ1n) is 6.78. The predicted molar refractivity (Wildman–Crippen MR) is 81.2 cm³/mol. The Morgan fingerprint density at radius 2 is 1.60 bits per heavy atom. The highest BCUT2D eigenvalue weighted by Crippen LogP contribution is 2.23. The zero-order valence-corrected chi connectivity index (χ0v) is 11.5. The molecule has 2 heteroatoms. The monoisotopic (exact) mass is 268 g/mol. The van der Waals surface area contributed by atoms with Crippen LogP contribution in [0.5, 0.6) is 0 Å². The van der Waals surface area contributed by atoms with Gasteiger partial charge in [-0.2, -0.15) is 0 Å². The number of hydrogen-bond acceptors (Lipinski definition) is 2. The van der Waals surface area contributed by atoms with Crippen LogP contribution in [-0.2, 0) is 11.3 Å². The lowest BCUT2D eigenvalue weighted by Gasteiger charge is -2.20. The summed E-state index contributed by atoms with van der Waals surface area (Å²) in [6, 6.07) is 19.6. The van der Waals surface area contributed by atoms with Crippen molar-refractivity contribution < 1.29 is 9.84 Å². The van der Waals surface area contributed by atoms with E-state index in [0.29, 0.717) is 13.2 Å². The van der Waals surface area contributed by atoms with Crippen LogP contribution in [0.25, 0.3) is 0 Å². The molecule has 2 rings (SSSR count). The molecule has 0 radical (unpaired) electrons. The number of benzene rings is 2. The molecule has 0 fully saturated rings. The summed E-state index contributed by atoms with van der Waals surface area (Å²) in [5, 5.41) is 10.3. The highest BCUT2D eigenvalue weighted by Gasteiger charge is 2.17. The second-order valence-corrected chi connectivity index (χ2v) is 4.76. The Labute approximate surface area is 120 Å². The maximum atomic E-state index is 10.3. The Hall–Kier alpha value is -1.90. The van der Waals surface area contributed by atoms with Crippen LogP contribution in [0.3, 0.4) is 0 Å². The number of rotatable bonds is 7. The van der Waals surface area contributed by atoms with E-state index in [1.54, 1.807) is 6.08 Å². The number of aliphatic hydroxyl groups excluding tert-OH is 1. The third-order valence-electron chi connectivity index (χ3n) is 3.27. The highest BCUT2D eigenvalue weighted by atomic mass is 16.5. The second-order valence-electron chi connectivity index (χ2n) is 4.76. The highest BCUT2D eigenvalue weighted by molar-refractivity contribution is 5.19. The van der Waals surface area contributed by atoms with Crippen LogP contribution in [0.2, 0.25) is 0 Å². The van der Waals surface area contributed by atoms with Gasteiger partial charge in [0.15, 0.2) is 0 Å². The fourth-order valence-corrected chi connectivity index (χ4v) is 2.07. The largest absolute Gasteiger partial charge is 0.388 e. The standard InChI is InChI=1S/C18H20O2/c1-2-16(18(19)17-11-7-4-8-12-17)14-20-13-15-9-5-3-6-10-15/h2-12,16,18-19H,1,13-14H2/t16-,18+/m1/s1. The molecule has 0 saturated carbocycles. The number of ether oxygens (including phenoxy) is 1. The number of aliphatic hydroxyl groups is 1. The summed E-state index contributed by atoms with van der Waals surface area (Å²) in [5.74, 6) is -0.110. The predicted octanol–water partition coefficient (Wildman–Crippen LogP) is 3.74. The summed E-state index contributed by atoms with van der Waals surface area (Å²) >= 11 is 0. The van der Waals surface area contributed by atoms with E-state index in [-0.39, 0.29) is 5.92 Å². The van der Waals surface area contributed by atoms with Crippen LogP contribution in [0.1, 0.15) is 17.2 Å². The number of hydrogen-bond donors (Lipinski definition) is 1. The van der Waals surface area contributed by atoms with Crippen molar-refractivity contribution in [1.29, 1.82) is 0 Å². The van der Waals surface area contributed by atoms with Gasteiger partial charge in [-0.3, -0.25) is 0 Å². The molecule has 0 aromatic heterocycles. The fourth-order valence-electron chi connectivity index (χ4n) is 2.07. The fraction of sp³-hybridized carbons (Fsp3) is 0.222. The summed E-state index contributed by atoms with van der Waals surface area (Å²) in [6.45, 7) is 4.79. The third kappa shape index (κ3) is 4.05. The lowest BCUT2D eigenvalue weighted by Crippen LogP contribution is -2.16. The van der Waals surface area contributed by atoms with Gasteiger partial charge < -0.3 is 9.84 Å². The minimum absolute atomic E-state index is 0.110. The molecule has 0 unspecified atom stereocenters. The molecule has 1 N–H and O–H groups in total. The Morgan fingerprint density at radius 1 is 1.00 bits per heavy atom. The molecule has 0 spiro atoms. The van der Waals surface area contributed by atoms with Gasteiger partial charge in [0.25, 0.3) is 0 Å². The van der Waals surface area contributed by atoms with Gasteiger partial charge in [-0.05, 0) is 11.1 Å². The molecular weight excluding hydrogens is 248 g/mol. The quantitative estimate of drug-likeness (QED) is 0.775. The molecular formula is C18H20O2. The summed E-state index contributed by atoms with van der Waals surface area (Å²) in [6.07, 6.45) is 1.17. The first-order chi connectivity index (χ1) is 9.81. The first-order valence-corrected chi connectivity index (χ1v) is 6.78. The topological polar surface area (TPSA) is 29.5 Å². The molecule has 0 aliphatic rings. The van der Waals surface area contributed by atoms with Crippen molar-refractivity contribution in [2.45, 2.75) is 12.7 Å². The molecule has 2 aromatic rings.